The maximum Gasteiger partial charge on any atom is 0.286 e. The Morgan fingerprint density at radius 1 is 1.13 bits per heavy atom. The number of benzene rings is 2. The molecule has 0 saturated carbocycles. The number of hydrogen-bond acceptors (Lipinski definition) is 5. The summed E-state index contributed by atoms with van der Waals surface area (Å²) in [6.07, 6.45) is 0. The van der Waals surface area contributed by atoms with Crippen molar-refractivity contribution >= 4 is 23.4 Å². The van der Waals surface area contributed by atoms with Crippen molar-refractivity contribution in [3.05, 3.63) is 60.2 Å². The molecule has 0 spiro atoms. The molecule has 0 aliphatic heterocycles. The highest BCUT2D eigenvalue weighted by Crippen LogP contribution is 2.21. The molecule has 3 aromatic rings. The standard InChI is InChI=1S/C17H15N3O2S/c1-12-7-9-14(10-8-12)18-15(21)11-23-17-19-16(20-22-17)13-5-3-2-4-6-13/h2-10H,11H2,1H3,(H,18,21). The Morgan fingerprint density at radius 3 is 2.61 bits per heavy atom. The van der Waals surface area contributed by atoms with Crippen molar-refractivity contribution in [3.8, 4) is 11.4 Å². The van der Waals surface area contributed by atoms with Gasteiger partial charge < -0.3 is 9.84 Å². The Balaban J connectivity index is 1.55. The van der Waals surface area contributed by atoms with E-state index >= 15 is 0 Å². The van der Waals surface area contributed by atoms with Crippen molar-refractivity contribution in [3.63, 3.8) is 0 Å². The van der Waals surface area contributed by atoms with E-state index in [2.05, 4.69) is 15.5 Å². The Hall–Kier alpha value is -2.60. The fourth-order valence-electron chi connectivity index (χ4n) is 1.93. The molecule has 116 valence electrons. The minimum absolute atomic E-state index is 0.113. The molecule has 23 heavy (non-hydrogen) atoms. The monoisotopic (exact) mass is 325 g/mol. The molecule has 0 radical (unpaired) electrons. The van der Waals surface area contributed by atoms with Crippen LogP contribution in [-0.2, 0) is 4.79 Å². The highest BCUT2D eigenvalue weighted by atomic mass is 32.2. The van der Waals surface area contributed by atoms with Gasteiger partial charge in [0.15, 0.2) is 0 Å². The highest BCUT2D eigenvalue weighted by molar-refractivity contribution is 7.99. The van der Waals surface area contributed by atoms with Gasteiger partial charge in [0, 0.05) is 11.3 Å². The lowest BCUT2D eigenvalue weighted by atomic mass is 10.2. The lowest BCUT2D eigenvalue weighted by molar-refractivity contribution is -0.113. The van der Waals surface area contributed by atoms with Gasteiger partial charge in [0.05, 0.1) is 5.75 Å². The second-order valence-electron chi connectivity index (χ2n) is 4.95. The summed E-state index contributed by atoms with van der Waals surface area (Å²) in [6, 6.07) is 17.2. The summed E-state index contributed by atoms with van der Waals surface area (Å²) in [5.74, 6) is 0.620. The van der Waals surface area contributed by atoms with E-state index in [1.165, 1.54) is 11.8 Å². The van der Waals surface area contributed by atoms with Crippen LogP contribution in [0.3, 0.4) is 0 Å². The van der Waals surface area contributed by atoms with E-state index in [9.17, 15) is 4.79 Å². The van der Waals surface area contributed by atoms with E-state index in [0.717, 1.165) is 16.8 Å². The van der Waals surface area contributed by atoms with E-state index < -0.39 is 0 Å². The first kappa shape index (κ1) is 15.3. The molecule has 0 bridgehead atoms. The quantitative estimate of drug-likeness (QED) is 0.723. The van der Waals surface area contributed by atoms with Crippen molar-refractivity contribution in [2.45, 2.75) is 12.1 Å². The lowest BCUT2D eigenvalue weighted by Crippen LogP contribution is -2.13. The fraction of sp³-hybridized carbons (Fsp3) is 0.118. The van der Waals surface area contributed by atoms with Crippen molar-refractivity contribution in [1.82, 2.24) is 10.1 Å². The number of anilines is 1. The van der Waals surface area contributed by atoms with Crippen LogP contribution in [0.2, 0.25) is 0 Å². The number of carbonyl (C=O) groups is 1. The summed E-state index contributed by atoms with van der Waals surface area (Å²) in [6.45, 7) is 2.00. The topological polar surface area (TPSA) is 68.0 Å². The average molecular weight is 325 g/mol. The van der Waals surface area contributed by atoms with Crippen molar-refractivity contribution in [1.29, 1.82) is 0 Å². The summed E-state index contributed by atoms with van der Waals surface area (Å²) in [5, 5.41) is 7.13. The van der Waals surface area contributed by atoms with Gasteiger partial charge in [0.1, 0.15) is 0 Å². The molecule has 0 fully saturated rings. The minimum Gasteiger partial charge on any atom is -0.327 e. The zero-order valence-electron chi connectivity index (χ0n) is 12.5. The molecule has 0 aliphatic carbocycles. The third-order valence-corrected chi connectivity index (χ3v) is 3.92. The number of rotatable bonds is 5. The molecule has 0 atom stereocenters. The van der Waals surface area contributed by atoms with E-state index in [1.807, 2.05) is 61.5 Å². The van der Waals surface area contributed by atoms with Crippen LogP contribution in [0.1, 0.15) is 5.56 Å². The molecule has 1 aromatic heterocycles. The minimum atomic E-state index is -0.113. The maximum atomic E-state index is 11.9. The molecule has 0 aliphatic rings. The number of carbonyl (C=O) groups excluding carboxylic acids is 1. The van der Waals surface area contributed by atoms with Crippen molar-refractivity contribution in [2.24, 2.45) is 0 Å². The Morgan fingerprint density at radius 2 is 1.87 bits per heavy atom. The number of nitrogens with zero attached hydrogens (tertiary/aromatic N) is 2. The highest BCUT2D eigenvalue weighted by Gasteiger charge is 2.11. The van der Waals surface area contributed by atoms with Gasteiger partial charge in [-0.05, 0) is 19.1 Å². The van der Waals surface area contributed by atoms with Gasteiger partial charge >= 0.3 is 0 Å². The molecular weight excluding hydrogens is 310 g/mol. The van der Waals surface area contributed by atoms with Gasteiger partial charge in [-0.15, -0.1) is 0 Å². The Bertz CT molecular complexity index is 785. The van der Waals surface area contributed by atoms with Gasteiger partial charge in [0.2, 0.25) is 11.7 Å². The van der Waals surface area contributed by atoms with E-state index in [0.29, 0.717) is 11.0 Å². The van der Waals surface area contributed by atoms with Crippen LogP contribution in [-0.4, -0.2) is 21.8 Å². The summed E-state index contributed by atoms with van der Waals surface area (Å²) >= 11 is 1.21. The van der Waals surface area contributed by atoms with Gasteiger partial charge in [0.25, 0.3) is 5.22 Å². The first-order chi connectivity index (χ1) is 11.2. The Labute approximate surface area is 138 Å². The lowest BCUT2D eigenvalue weighted by Gasteiger charge is -2.03. The third-order valence-electron chi connectivity index (χ3n) is 3.10. The van der Waals surface area contributed by atoms with Gasteiger partial charge in [-0.1, -0.05) is 64.9 Å². The van der Waals surface area contributed by atoms with Gasteiger partial charge in [-0.3, -0.25) is 4.79 Å². The van der Waals surface area contributed by atoms with Crippen molar-refractivity contribution < 1.29 is 9.32 Å². The molecule has 6 heteroatoms. The van der Waals surface area contributed by atoms with Crippen LogP contribution in [0.25, 0.3) is 11.4 Å². The SMILES string of the molecule is Cc1ccc(NC(=O)CSc2nc(-c3ccccc3)no2)cc1. The molecule has 1 amide bonds. The molecular formula is C17H15N3O2S. The molecule has 2 aromatic carbocycles. The number of aromatic nitrogens is 2. The van der Waals surface area contributed by atoms with E-state index in [4.69, 9.17) is 4.52 Å². The predicted octanol–water partition coefficient (Wildman–Crippen LogP) is 3.78. The third kappa shape index (κ3) is 4.20. The summed E-state index contributed by atoms with van der Waals surface area (Å²) in [4.78, 5) is 16.2. The van der Waals surface area contributed by atoms with Gasteiger partial charge in [-0.25, -0.2) is 0 Å². The zero-order valence-corrected chi connectivity index (χ0v) is 13.3. The first-order valence-electron chi connectivity index (χ1n) is 7.09. The van der Waals surface area contributed by atoms with Crippen molar-refractivity contribution in [2.75, 3.05) is 11.1 Å². The number of amides is 1. The smallest absolute Gasteiger partial charge is 0.286 e. The second kappa shape index (κ2) is 7.11. The van der Waals surface area contributed by atoms with Crippen LogP contribution < -0.4 is 5.32 Å². The molecule has 0 unspecified atom stereocenters. The molecule has 3 rings (SSSR count). The molecule has 1 N–H and O–H groups in total. The number of hydrogen-bond donors (Lipinski definition) is 1. The van der Waals surface area contributed by atoms with Crippen LogP contribution in [0.15, 0.2) is 64.3 Å². The van der Waals surface area contributed by atoms with Crippen LogP contribution >= 0.6 is 11.8 Å². The average Bonchev–Trinajstić information content (AvgIpc) is 3.05. The number of aryl methyl sites for hydroxylation is 1. The summed E-state index contributed by atoms with van der Waals surface area (Å²) in [5.41, 5.74) is 2.81. The van der Waals surface area contributed by atoms with Crippen LogP contribution in [0, 0.1) is 6.92 Å². The maximum absolute atomic E-state index is 11.9. The summed E-state index contributed by atoms with van der Waals surface area (Å²) in [7, 11) is 0. The predicted molar refractivity (Wildman–Crippen MR) is 90.3 cm³/mol. The fourth-order valence-corrected chi connectivity index (χ4v) is 2.50. The van der Waals surface area contributed by atoms with Gasteiger partial charge in [-0.2, -0.15) is 4.98 Å². The summed E-state index contributed by atoms with van der Waals surface area (Å²) < 4.78 is 5.16. The van der Waals surface area contributed by atoms with E-state index in [-0.39, 0.29) is 11.7 Å². The largest absolute Gasteiger partial charge is 0.327 e. The second-order valence-corrected chi connectivity index (χ2v) is 5.88. The molecule has 0 saturated heterocycles. The molecule has 5 nitrogen and oxygen atoms in total. The van der Waals surface area contributed by atoms with Crippen LogP contribution in [0.4, 0.5) is 5.69 Å². The normalized spacial score (nSPS) is 10.5. The molecule has 1 heterocycles. The number of thioether (sulfide) groups is 1. The van der Waals surface area contributed by atoms with E-state index in [1.54, 1.807) is 0 Å². The number of nitrogens with one attached hydrogen (secondary N) is 1. The Kier molecular flexibility index (Phi) is 4.73. The zero-order chi connectivity index (χ0) is 16.1. The first-order valence-corrected chi connectivity index (χ1v) is 8.08. The van der Waals surface area contributed by atoms with Crippen LogP contribution in [0.5, 0.6) is 0 Å².